The Morgan fingerprint density at radius 3 is 2.83 bits per heavy atom. The first kappa shape index (κ1) is 15.8. The Morgan fingerprint density at radius 1 is 1.39 bits per heavy atom. The number of nitrogens with two attached hydrogens (primary N) is 2. The number of guanidine groups is 1. The minimum atomic E-state index is -0.934. The van der Waals surface area contributed by atoms with Crippen LogP contribution in [-0.2, 0) is 6.42 Å². The molecule has 7 heteroatoms. The molecule has 1 unspecified atom stereocenters. The van der Waals surface area contributed by atoms with Crippen molar-refractivity contribution in [1.82, 2.24) is 15.5 Å². The molecule has 0 bridgehead atoms. The van der Waals surface area contributed by atoms with Gasteiger partial charge in [-0.3, -0.25) is 0 Å². The Hall–Kier alpha value is -2.12. The molecule has 2 aliphatic heterocycles. The average Bonchev–Trinajstić information content (AvgIpc) is 2.48. The molecule has 1 aromatic carbocycles. The molecule has 6 nitrogen and oxygen atoms in total. The van der Waals surface area contributed by atoms with Gasteiger partial charge in [-0.25, -0.2) is 9.38 Å². The third-order valence-corrected chi connectivity index (χ3v) is 4.08. The first-order valence-electron chi connectivity index (χ1n) is 7.80. The average molecular weight is 318 g/mol. The van der Waals surface area contributed by atoms with Crippen LogP contribution in [0.15, 0.2) is 41.2 Å². The van der Waals surface area contributed by atoms with Crippen LogP contribution in [0.25, 0.3) is 0 Å². The lowest BCUT2D eigenvalue weighted by atomic mass is 9.99. The van der Waals surface area contributed by atoms with Gasteiger partial charge in [-0.15, -0.1) is 0 Å². The summed E-state index contributed by atoms with van der Waals surface area (Å²) in [5, 5.41) is 6.51. The number of hydrogen-bond acceptors (Lipinski definition) is 6. The highest BCUT2D eigenvalue weighted by atomic mass is 19.1. The maximum atomic E-state index is 13.1. The summed E-state index contributed by atoms with van der Waals surface area (Å²) in [6, 6.07) is 6.69. The molecule has 0 spiro atoms. The lowest BCUT2D eigenvalue weighted by Gasteiger charge is -2.38. The second-order valence-corrected chi connectivity index (χ2v) is 6.25. The van der Waals surface area contributed by atoms with Gasteiger partial charge in [-0.05, 0) is 30.7 Å². The third kappa shape index (κ3) is 3.80. The van der Waals surface area contributed by atoms with Gasteiger partial charge in [0.05, 0.1) is 0 Å². The van der Waals surface area contributed by atoms with E-state index in [1.165, 1.54) is 12.1 Å². The number of benzene rings is 1. The van der Waals surface area contributed by atoms with E-state index < -0.39 is 5.66 Å². The molecule has 2 heterocycles. The quantitative estimate of drug-likeness (QED) is 0.633. The van der Waals surface area contributed by atoms with Gasteiger partial charge in [0.1, 0.15) is 17.3 Å². The van der Waals surface area contributed by atoms with Crippen LogP contribution in [0.1, 0.15) is 12.5 Å². The van der Waals surface area contributed by atoms with Gasteiger partial charge in [0.2, 0.25) is 0 Å². The monoisotopic (exact) mass is 318 g/mol. The van der Waals surface area contributed by atoms with Gasteiger partial charge in [0.25, 0.3) is 0 Å². The Labute approximate surface area is 135 Å². The SMILES string of the molecule is C[C@H]1CN(C2=CC(N)(Cc3ccc(F)cc3)N=C(N)N2)CCN1. The fraction of sp³-hybridized carbons (Fsp3) is 0.438. The number of piperazine rings is 1. The zero-order chi connectivity index (χ0) is 16.4. The van der Waals surface area contributed by atoms with Crippen LogP contribution in [0.5, 0.6) is 0 Å². The number of nitrogens with one attached hydrogen (secondary N) is 2. The molecule has 0 aliphatic carbocycles. The maximum absolute atomic E-state index is 13.1. The van der Waals surface area contributed by atoms with E-state index in [1.54, 1.807) is 12.1 Å². The van der Waals surface area contributed by atoms with Gasteiger partial charge >= 0.3 is 0 Å². The van der Waals surface area contributed by atoms with Crippen LogP contribution < -0.4 is 22.1 Å². The van der Waals surface area contributed by atoms with Crippen LogP contribution in [0.3, 0.4) is 0 Å². The van der Waals surface area contributed by atoms with E-state index in [1.807, 2.05) is 6.08 Å². The molecule has 2 aliphatic rings. The van der Waals surface area contributed by atoms with Crippen LogP contribution in [0.4, 0.5) is 4.39 Å². The van der Waals surface area contributed by atoms with Gasteiger partial charge in [0.15, 0.2) is 5.96 Å². The van der Waals surface area contributed by atoms with Crippen molar-refractivity contribution in [2.24, 2.45) is 16.5 Å². The van der Waals surface area contributed by atoms with E-state index in [-0.39, 0.29) is 5.82 Å². The summed E-state index contributed by atoms with van der Waals surface area (Å²) in [6.07, 6.45) is 2.37. The fourth-order valence-corrected chi connectivity index (χ4v) is 3.03. The highest BCUT2D eigenvalue weighted by Crippen LogP contribution is 2.21. The Bertz CT molecular complexity index is 626. The molecule has 0 amide bonds. The lowest BCUT2D eigenvalue weighted by molar-refractivity contribution is 0.243. The standard InChI is InChI=1S/C16H23FN6/c1-11-10-23(7-6-20-11)14-9-16(19,22-15(18)21-14)8-12-2-4-13(17)5-3-12/h2-5,9,11,20H,6-8,10,19H2,1H3,(H3,18,21,22)/t11-,16?/m0/s1. The van der Waals surface area contributed by atoms with Crippen molar-refractivity contribution in [2.45, 2.75) is 25.0 Å². The largest absolute Gasteiger partial charge is 0.370 e. The Kier molecular flexibility index (Phi) is 4.23. The second-order valence-electron chi connectivity index (χ2n) is 6.25. The summed E-state index contributed by atoms with van der Waals surface area (Å²) < 4.78 is 13.1. The summed E-state index contributed by atoms with van der Waals surface area (Å²) in [6.45, 7) is 4.80. The topological polar surface area (TPSA) is 91.7 Å². The van der Waals surface area contributed by atoms with E-state index in [4.69, 9.17) is 11.5 Å². The van der Waals surface area contributed by atoms with Crippen molar-refractivity contribution in [1.29, 1.82) is 0 Å². The molecule has 3 rings (SSSR count). The summed E-state index contributed by atoms with van der Waals surface area (Å²) >= 11 is 0. The maximum Gasteiger partial charge on any atom is 0.196 e. The summed E-state index contributed by atoms with van der Waals surface area (Å²) in [7, 11) is 0. The normalized spacial score (nSPS) is 28.0. The van der Waals surface area contributed by atoms with Crippen LogP contribution >= 0.6 is 0 Å². The first-order valence-corrected chi connectivity index (χ1v) is 7.80. The zero-order valence-electron chi connectivity index (χ0n) is 13.2. The van der Waals surface area contributed by atoms with E-state index >= 15 is 0 Å². The van der Waals surface area contributed by atoms with Crippen molar-refractivity contribution in [3.8, 4) is 0 Å². The molecule has 6 N–H and O–H groups in total. The number of rotatable bonds is 3. The number of aliphatic imine (C=N–C) groups is 1. The van der Waals surface area contributed by atoms with Gasteiger partial charge in [-0.1, -0.05) is 12.1 Å². The molecular formula is C16H23FN6. The van der Waals surface area contributed by atoms with Gasteiger partial charge in [-0.2, -0.15) is 0 Å². The van der Waals surface area contributed by atoms with Crippen molar-refractivity contribution < 1.29 is 4.39 Å². The Morgan fingerprint density at radius 2 is 2.13 bits per heavy atom. The molecule has 2 atom stereocenters. The van der Waals surface area contributed by atoms with E-state index in [2.05, 4.69) is 27.4 Å². The minimum Gasteiger partial charge on any atom is -0.370 e. The number of nitrogens with zero attached hydrogens (tertiary/aromatic N) is 2. The zero-order valence-corrected chi connectivity index (χ0v) is 13.2. The van der Waals surface area contributed by atoms with E-state index in [0.29, 0.717) is 18.4 Å². The van der Waals surface area contributed by atoms with Crippen LogP contribution in [0.2, 0.25) is 0 Å². The molecule has 1 fully saturated rings. The summed E-state index contributed by atoms with van der Waals surface area (Å²) in [4.78, 5) is 6.56. The first-order chi connectivity index (χ1) is 10.9. The third-order valence-electron chi connectivity index (χ3n) is 4.08. The highest BCUT2D eigenvalue weighted by Gasteiger charge is 2.30. The van der Waals surface area contributed by atoms with Crippen molar-refractivity contribution in [3.63, 3.8) is 0 Å². The van der Waals surface area contributed by atoms with E-state index in [0.717, 1.165) is 31.0 Å². The van der Waals surface area contributed by atoms with Crippen LogP contribution in [-0.4, -0.2) is 42.2 Å². The molecular weight excluding hydrogens is 295 g/mol. The fourth-order valence-electron chi connectivity index (χ4n) is 3.03. The summed E-state index contributed by atoms with van der Waals surface area (Å²) in [5.74, 6) is 0.924. The molecule has 1 aromatic rings. The predicted octanol–water partition coefficient (Wildman–Crippen LogP) is 0.0762. The highest BCUT2D eigenvalue weighted by molar-refractivity contribution is 5.81. The molecule has 124 valence electrons. The lowest BCUT2D eigenvalue weighted by Crippen LogP contribution is -2.55. The van der Waals surface area contributed by atoms with Gasteiger partial charge < -0.3 is 27.0 Å². The molecule has 0 radical (unpaired) electrons. The molecule has 1 saturated heterocycles. The number of hydrogen-bond donors (Lipinski definition) is 4. The van der Waals surface area contributed by atoms with Gasteiger partial charge in [0, 0.05) is 32.1 Å². The van der Waals surface area contributed by atoms with Crippen LogP contribution in [0, 0.1) is 5.82 Å². The van der Waals surface area contributed by atoms with E-state index in [9.17, 15) is 4.39 Å². The second kappa shape index (κ2) is 6.17. The Balaban J connectivity index is 1.81. The summed E-state index contributed by atoms with van der Waals surface area (Å²) in [5.41, 5.74) is 12.3. The molecule has 0 saturated carbocycles. The molecule has 23 heavy (non-hydrogen) atoms. The smallest absolute Gasteiger partial charge is 0.196 e. The van der Waals surface area contributed by atoms with Crippen molar-refractivity contribution in [3.05, 3.63) is 47.5 Å². The van der Waals surface area contributed by atoms with Crippen molar-refractivity contribution in [2.75, 3.05) is 19.6 Å². The molecule has 0 aromatic heterocycles. The predicted molar refractivity (Wildman–Crippen MR) is 88.9 cm³/mol. The minimum absolute atomic E-state index is 0.265. The van der Waals surface area contributed by atoms with Crippen molar-refractivity contribution >= 4 is 5.96 Å². The number of halogens is 1.